The van der Waals surface area contributed by atoms with Crippen LogP contribution in [0, 0.1) is 0 Å². The third kappa shape index (κ3) is 3.39. The first-order valence-corrected chi connectivity index (χ1v) is 6.50. The Bertz CT molecular complexity index is 583. The van der Waals surface area contributed by atoms with Crippen molar-refractivity contribution in [1.29, 1.82) is 0 Å². The number of nitrogens with zero attached hydrogens (tertiary/aromatic N) is 1. The summed E-state index contributed by atoms with van der Waals surface area (Å²) in [7, 11) is -5.11. The zero-order valence-corrected chi connectivity index (χ0v) is 10.3. The van der Waals surface area contributed by atoms with Crippen LogP contribution in [0.2, 0.25) is 0 Å². The Morgan fingerprint density at radius 2 is 2.17 bits per heavy atom. The molecule has 2 rings (SSSR count). The van der Waals surface area contributed by atoms with E-state index in [2.05, 4.69) is 14.5 Å². The van der Waals surface area contributed by atoms with E-state index < -0.39 is 16.4 Å². The first-order chi connectivity index (χ1) is 8.27. The Morgan fingerprint density at radius 1 is 1.50 bits per heavy atom. The van der Waals surface area contributed by atoms with Gasteiger partial charge < -0.3 is 9.50 Å². The molecule has 6 nitrogen and oxygen atoms in total. The van der Waals surface area contributed by atoms with Crippen LogP contribution in [-0.2, 0) is 10.5 Å². The summed E-state index contributed by atoms with van der Waals surface area (Å²) in [4.78, 5) is 15.4. The molecule has 1 saturated carbocycles. The number of carbonyl (C=O) groups excluding carboxylic acids is 1. The number of amides is 1. The maximum Gasteiger partial charge on any atom is 0.488 e. The van der Waals surface area contributed by atoms with E-state index in [1.54, 1.807) is 0 Å². The summed E-state index contributed by atoms with van der Waals surface area (Å²) < 4.78 is 36.9. The maximum atomic E-state index is 12.3. The van der Waals surface area contributed by atoms with E-state index in [4.69, 9.17) is 0 Å². The number of halogens is 1. The molecule has 0 unspecified atom stereocenters. The molecule has 8 heteroatoms. The van der Waals surface area contributed by atoms with Gasteiger partial charge in [-0.15, -0.1) is 0 Å². The van der Waals surface area contributed by atoms with Gasteiger partial charge in [0.2, 0.25) is 0 Å². The summed E-state index contributed by atoms with van der Waals surface area (Å²) in [6.07, 6.45) is 4.04. The van der Waals surface area contributed by atoms with Crippen LogP contribution in [0.4, 0.5) is 3.89 Å². The Balaban J connectivity index is 2.14. The van der Waals surface area contributed by atoms with Crippen molar-refractivity contribution in [3.05, 3.63) is 24.0 Å². The number of rotatable bonds is 4. The summed E-state index contributed by atoms with van der Waals surface area (Å²) in [5.41, 5.74) is -0.0932. The minimum atomic E-state index is -5.11. The first kappa shape index (κ1) is 12.7. The van der Waals surface area contributed by atoms with E-state index in [0.29, 0.717) is 0 Å². The van der Waals surface area contributed by atoms with Crippen LogP contribution in [0.3, 0.4) is 0 Å². The van der Waals surface area contributed by atoms with Crippen LogP contribution in [0.5, 0.6) is 5.75 Å². The predicted molar refractivity (Wildman–Crippen MR) is 60.0 cm³/mol. The fourth-order valence-electron chi connectivity index (χ4n) is 1.36. The molecule has 18 heavy (non-hydrogen) atoms. The average Bonchev–Trinajstić information content (AvgIpc) is 2.94. The van der Waals surface area contributed by atoms with E-state index >= 15 is 0 Å². The molecule has 0 bridgehead atoms. The zero-order chi connectivity index (χ0) is 13.4. The topological polar surface area (TPSA) is 85.4 Å². The number of aromatic nitrogens is 1. The van der Waals surface area contributed by atoms with Crippen LogP contribution in [0.25, 0.3) is 0 Å². The fraction of sp³-hybridized carbons (Fsp3) is 0.400. The van der Waals surface area contributed by atoms with Gasteiger partial charge in [-0.2, -0.15) is 8.42 Å². The monoisotopic (exact) mass is 274 g/mol. The van der Waals surface area contributed by atoms with Crippen LogP contribution >= 0.6 is 0 Å². The lowest BCUT2D eigenvalue weighted by molar-refractivity contribution is 0.0934. The fourth-order valence-corrected chi connectivity index (χ4v) is 1.68. The highest BCUT2D eigenvalue weighted by Gasteiger charge is 2.38. The summed E-state index contributed by atoms with van der Waals surface area (Å²) >= 11 is 0. The minimum Gasteiger partial charge on any atom is -0.357 e. The minimum absolute atomic E-state index is 0.115. The lowest BCUT2D eigenvalue weighted by Crippen LogP contribution is -2.34. The van der Waals surface area contributed by atoms with E-state index in [1.165, 1.54) is 6.20 Å². The van der Waals surface area contributed by atoms with Crippen molar-refractivity contribution in [2.24, 2.45) is 0 Å². The van der Waals surface area contributed by atoms with Crippen molar-refractivity contribution in [2.75, 3.05) is 0 Å². The van der Waals surface area contributed by atoms with Crippen molar-refractivity contribution in [3.8, 4) is 5.75 Å². The Kier molecular flexibility index (Phi) is 2.97. The Hall–Kier alpha value is -1.70. The molecule has 1 aliphatic carbocycles. The molecule has 0 aliphatic heterocycles. The smallest absolute Gasteiger partial charge is 0.357 e. The van der Waals surface area contributed by atoms with E-state index in [0.717, 1.165) is 25.1 Å². The Morgan fingerprint density at radius 3 is 2.72 bits per heavy atom. The second-order valence-electron chi connectivity index (χ2n) is 4.40. The highest BCUT2D eigenvalue weighted by Crippen LogP contribution is 2.34. The highest BCUT2D eigenvalue weighted by atomic mass is 32.3. The van der Waals surface area contributed by atoms with Crippen molar-refractivity contribution < 1.29 is 21.3 Å². The molecule has 1 aromatic rings. The van der Waals surface area contributed by atoms with E-state index in [1.807, 2.05) is 6.92 Å². The summed E-state index contributed by atoms with van der Waals surface area (Å²) in [5.74, 6) is -0.740. The summed E-state index contributed by atoms with van der Waals surface area (Å²) in [5, 5.41) is 2.76. The lowest BCUT2D eigenvalue weighted by Gasteiger charge is -2.11. The van der Waals surface area contributed by atoms with Crippen LogP contribution in [0.15, 0.2) is 18.5 Å². The molecule has 0 saturated heterocycles. The van der Waals surface area contributed by atoms with Crippen molar-refractivity contribution in [2.45, 2.75) is 25.3 Å². The molecule has 1 aliphatic rings. The first-order valence-electron chi connectivity index (χ1n) is 5.19. The molecular weight excluding hydrogens is 263 g/mol. The van der Waals surface area contributed by atoms with Gasteiger partial charge in [0.15, 0.2) is 5.75 Å². The molecule has 0 spiro atoms. The molecule has 1 N–H and O–H groups in total. The largest absolute Gasteiger partial charge is 0.488 e. The van der Waals surface area contributed by atoms with Gasteiger partial charge in [0.05, 0.1) is 11.8 Å². The predicted octanol–water partition coefficient (Wildman–Crippen LogP) is 0.957. The van der Waals surface area contributed by atoms with Gasteiger partial charge in [-0.05, 0) is 25.8 Å². The number of pyridine rings is 1. The van der Waals surface area contributed by atoms with E-state index in [9.17, 15) is 17.1 Å². The lowest BCUT2D eigenvalue weighted by atomic mass is 10.2. The second-order valence-corrected chi connectivity index (χ2v) is 5.35. The Labute approximate surface area is 104 Å². The third-order valence-corrected chi connectivity index (χ3v) is 2.98. The standard InChI is InChI=1S/C10H11FN2O4S/c1-10(2-3-10)13-9(14)7-4-8(6-12-5-7)17-18(11,15)16/h4-6H,2-3H2,1H3,(H,13,14). The van der Waals surface area contributed by atoms with Gasteiger partial charge >= 0.3 is 10.5 Å². The summed E-state index contributed by atoms with van der Waals surface area (Å²) in [6.45, 7) is 1.89. The zero-order valence-electron chi connectivity index (χ0n) is 9.51. The number of nitrogens with one attached hydrogen (secondary N) is 1. The van der Waals surface area contributed by atoms with Gasteiger partial charge in [-0.25, -0.2) is 0 Å². The van der Waals surface area contributed by atoms with Gasteiger partial charge in [0.1, 0.15) is 0 Å². The van der Waals surface area contributed by atoms with Crippen molar-refractivity contribution in [3.63, 3.8) is 0 Å². The molecule has 0 radical (unpaired) electrons. The maximum absolute atomic E-state index is 12.3. The molecule has 0 aromatic carbocycles. The highest BCUT2D eigenvalue weighted by molar-refractivity contribution is 7.81. The molecular formula is C10H11FN2O4S. The number of hydrogen-bond donors (Lipinski definition) is 1. The van der Waals surface area contributed by atoms with Gasteiger partial charge in [0, 0.05) is 11.7 Å². The normalized spacial score (nSPS) is 17.0. The summed E-state index contributed by atoms with van der Waals surface area (Å²) in [6, 6.07) is 1.12. The molecule has 1 aromatic heterocycles. The second kappa shape index (κ2) is 4.20. The third-order valence-electron chi connectivity index (χ3n) is 2.59. The number of carbonyl (C=O) groups is 1. The van der Waals surface area contributed by atoms with Crippen molar-refractivity contribution in [1.82, 2.24) is 10.3 Å². The van der Waals surface area contributed by atoms with Gasteiger partial charge in [-0.1, -0.05) is 3.89 Å². The quantitative estimate of drug-likeness (QED) is 0.826. The molecule has 1 heterocycles. The van der Waals surface area contributed by atoms with Crippen LogP contribution in [-0.4, -0.2) is 24.8 Å². The van der Waals surface area contributed by atoms with E-state index in [-0.39, 0.29) is 16.9 Å². The molecule has 98 valence electrons. The van der Waals surface area contributed by atoms with Gasteiger partial charge in [-0.3, -0.25) is 9.78 Å². The molecule has 1 amide bonds. The van der Waals surface area contributed by atoms with Crippen molar-refractivity contribution >= 4 is 16.4 Å². The average molecular weight is 274 g/mol. The SMILES string of the molecule is CC1(NC(=O)c2cncc(OS(=O)(=O)F)c2)CC1. The van der Waals surface area contributed by atoms with Gasteiger partial charge in [0.25, 0.3) is 5.91 Å². The number of hydrogen-bond acceptors (Lipinski definition) is 5. The molecule has 1 fully saturated rings. The molecule has 0 atom stereocenters. The van der Waals surface area contributed by atoms with Crippen LogP contribution < -0.4 is 9.50 Å². The van der Waals surface area contributed by atoms with Crippen LogP contribution in [0.1, 0.15) is 30.1 Å².